The van der Waals surface area contributed by atoms with Crippen LogP contribution in [0.2, 0.25) is 0 Å². The molecule has 3 aromatic rings. The molecule has 7 heteroatoms. The maximum absolute atomic E-state index is 14.7. The van der Waals surface area contributed by atoms with Crippen molar-refractivity contribution in [1.82, 2.24) is 0 Å². The van der Waals surface area contributed by atoms with E-state index in [4.69, 9.17) is 4.74 Å². The van der Waals surface area contributed by atoms with Crippen molar-refractivity contribution in [3.63, 3.8) is 0 Å². The summed E-state index contributed by atoms with van der Waals surface area (Å²) in [4.78, 5) is 25.6. The van der Waals surface area contributed by atoms with E-state index in [1.165, 1.54) is 13.0 Å². The number of nitrogens with zero attached hydrogens (tertiary/aromatic N) is 2. The number of carbonyl (C=O) groups is 2. The summed E-state index contributed by atoms with van der Waals surface area (Å²) >= 11 is 0. The highest BCUT2D eigenvalue weighted by molar-refractivity contribution is 6.03. The Bertz CT molecular complexity index is 1160. The average molecular weight is 420 g/mol. The highest BCUT2D eigenvalue weighted by Gasteiger charge is 2.24. The Morgan fingerprint density at radius 3 is 2.81 bits per heavy atom. The quantitative estimate of drug-likeness (QED) is 0.508. The van der Waals surface area contributed by atoms with Crippen LogP contribution in [0.4, 0.5) is 20.6 Å². The predicted molar refractivity (Wildman–Crippen MR) is 115 cm³/mol. The van der Waals surface area contributed by atoms with Crippen LogP contribution in [-0.4, -0.2) is 18.5 Å². The maximum Gasteiger partial charge on any atom is 0.326 e. The molecule has 0 saturated carbocycles. The van der Waals surface area contributed by atoms with Gasteiger partial charge < -0.3 is 10.1 Å². The van der Waals surface area contributed by atoms with Crippen LogP contribution in [0.5, 0.6) is 0 Å². The number of urea groups is 1. The number of fused-ring (bicyclic) bond motifs is 1. The maximum atomic E-state index is 14.7. The predicted octanol–water partition coefficient (Wildman–Crippen LogP) is 4.20. The molecule has 0 aliphatic carbocycles. The number of esters is 1. The second-order valence-corrected chi connectivity index (χ2v) is 7.46. The molecule has 1 aliphatic heterocycles. The number of rotatable bonds is 4. The second-order valence-electron chi connectivity index (χ2n) is 7.46. The lowest BCUT2D eigenvalue weighted by Crippen LogP contribution is -2.35. The number of pyridine rings is 1. The number of hydrogen-bond donors (Lipinski definition) is 1. The summed E-state index contributed by atoms with van der Waals surface area (Å²) in [5.41, 5.74) is 4.23. The van der Waals surface area contributed by atoms with E-state index >= 15 is 0 Å². The van der Waals surface area contributed by atoms with Gasteiger partial charge in [0, 0.05) is 36.5 Å². The van der Waals surface area contributed by atoms with Gasteiger partial charge >= 0.3 is 12.0 Å². The first kappa shape index (κ1) is 20.5. The van der Waals surface area contributed by atoms with Gasteiger partial charge in [0.05, 0.1) is 0 Å². The number of ether oxygens (including phenoxy) is 1. The fraction of sp³-hybridized carbons (Fsp3) is 0.208. The van der Waals surface area contributed by atoms with Crippen LogP contribution < -0.4 is 14.8 Å². The van der Waals surface area contributed by atoms with Crippen molar-refractivity contribution in [2.75, 3.05) is 16.8 Å². The summed E-state index contributed by atoms with van der Waals surface area (Å²) in [7, 11) is 0. The number of benzene rings is 2. The third kappa shape index (κ3) is 4.40. The van der Waals surface area contributed by atoms with Gasteiger partial charge in [-0.1, -0.05) is 18.2 Å². The van der Waals surface area contributed by atoms with E-state index in [9.17, 15) is 14.0 Å². The lowest BCUT2D eigenvalue weighted by molar-refractivity contribution is -0.727. The largest absolute Gasteiger partial charge is 0.405 e. The minimum atomic E-state index is -0.412. The molecule has 0 unspecified atom stereocenters. The number of amides is 2. The standard InChI is InChI=1S/C24H22FN3O3/c1-16-21(19-7-5-10-27(14-19)15-31-17(2)29)12-20(13-22(16)25)26-24(30)28-11-9-18-6-3-4-8-23(18)28/h3-8,10,12-14H,9,11,15H2,1-2H3/p+1. The van der Waals surface area contributed by atoms with Crippen molar-refractivity contribution >= 4 is 23.4 Å². The molecular weight excluding hydrogens is 397 g/mol. The molecule has 1 N–H and O–H groups in total. The molecule has 0 saturated heterocycles. The van der Waals surface area contributed by atoms with Crippen LogP contribution in [0, 0.1) is 12.7 Å². The number of anilines is 2. The first-order chi connectivity index (χ1) is 14.9. The van der Waals surface area contributed by atoms with Gasteiger partial charge in [0.2, 0.25) is 0 Å². The SMILES string of the molecule is CC(=O)OC[n+]1cccc(-c2cc(NC(=O)N3CCc4ccccc43)cc(F)c2C)c1. The van der Waals surface area contributed by atoms with Crippen LogP contribution in [0.15, 0.2) is 60.9 Å². The number of nitrogens with one attached hydrogen (secondary N) is 1. The third-order valence-electron chi connectivity index (χ3n) is 5.31. The van der Waals surface area contributed by atoms with Gasteiger partial charge in [0.1, 0.15) is 5.82 Å². The molecule has 0 radical (unpaired) electrons. The zero-order valence-electron chi connectivity index (χ0n) is 17.4. The molecule has 0 atom stereocenters. The Balaban J connectivity index is 1.60. The summed E-state index contributed by atoms with van der Waals surface area (Å²) in [6.45, 7) is 3.68. The fourth-order valence-electron chi connectivity index (χ4n) is 3.72. The van der Waals surface area contributed by atoms with Crippen LogP contribution in [-0.2, 0) is 22.7 Å². The topological polar surface area (TPSA) is 62.5 Å². The van der Waals surface area contributed by atoms with Gasteiger partial charge in [0.15, 0.2) is 12.4 Å². The first-order valence-corrected chi connectivity index (χ1v) is 10.0. The highest BCUT2D eigenvalue weighted by atomic mass is 19.1. The van der Waals surface area contributed by atoms with E-state index in [0.29, 0.717) is 23.4 Å². The van der Waals surface area contributed by atoms with Crippen molar-refractivity contribution in [2.24, 2.45) is 0 Å². The van der Waals surface area contributed by atoms with E-state index in [1.54, 1.807) is 40.9 Å². The van der Waals surface area contributed by atoms with E-state index in [1.807, 2.05) is 30.3 Å². The summed E-state index contributed by atoms with van der Waals surface area (Å²) < 4.78 is 21.4. The van der Waals surface area contributed by atoms with E-state index in [2.05, 4.69) is 5.32 Å². The third-order valence-corrected chi connectivity index (χ3v) is 5.31. The molecule has 0 bridgehead atoms. The average Bonchev–Trinajstić information content (AvgIpc) is 3.19. The van der Waals surface area contributed by atoms with Crippen molar-refractivity contribution in [1.29, 1.82) is 0 Å². The van der Waals surface area contributed by atoms with Crippen molar-refractivity contribution in [3.8, 4) is 11.1 Å². The lowest BCUT2D eigenvalue weighted by atomic mass is 10.0. The summed E-state index contributed by atoms with van der Waals surface area (Å²) in [5, 5.41) is 2.83. The zero-order chi connectivity index (χ0) is 22.0. The molecule has 0 fully saturated rings. The Morgan fingerprint density at radius 1 is 1.19 bits per heavy atom. The first-order valence-electron chi connectivity index (χ1n) is 10.0. The Labute approximate surface area is 179 Å². The van der Waals surface area contributed by atoms with Crippen LogP contribution >= 0.6 is 0 Å². The summed E-state index contributed by atoms with van der Waals surface area (Å²) in [6.07, 6.45) is 4.32. The van der Waals surface area contributed by atoms with Crippen molar-refractivity contribution in [3.05, 3.63) is 77.9 Å². The smallest absolute Gasteiger partial charge is 0.326 e. The molecule has 4 rings (SSSR count). The highest BCUT2D eigenvalue weighted by Crippen LogP contribution is 2.30. The second kappa shape index (κ2) is 8.55. The van der Waals surface area contributed by atoms with Gasteiger partial charge in [-0.2, -0.15) is 4.57 Å². The molecule has 2 heterocycles. The number of aromatic nitrogens is 1. The number of hydrogen-bond acceptors (Lipinski definition) is 3. The minimum absolute atomic E-state index is 0.0650. The van der Waals surface area contributed by atoms with Crippen molar-refractivity contribution in [2.45, 2.75) is 27.0 Å². The molecular formula is C24H23FN3O3+. The van der Waals surface area contributed by atoms with Gasteiger partial charge in [0.25, 0.3) is 6.73 Å². The van der Waals surface area contributed by atoms with E-state index in [-0.39, 0.29) is 18.7 Å². The molecule has 1 aliphatic rings. The molecule has 2 amide bonds. The summed E-state index contributed by atoms with van der Waals surface area (Å²) in [6, 6.07) is 14.2. The van der Waals surface area contributed by atoms with Crippen LogP contribution in [0.1, 0.15) is 18.1 Å². The van der Waals surface area contributed by atoms with Crippen LogP contribution in [0.25, 0.3) is 11.1 Å². The molecule has 6 nitrogen and oxygen atoms in total. The van der Waals surface area contributed by atoms with E-state index in [0.717, 1.165) is 23.2 Å². The number of para-hydroxylation sites is 1. The van der Waals surface area contributed by atoms with E-state index < -0.39 is 5.82 Å². The normalized spacial score (nSPS) is 12.4. The Hall–Kier alpha value is -3.74. The zero-order valence-corrected chi connectivity index (χ0v) is 17.4. The molecule has 1 aromatic heterocycles. The Morgan fingerprint density at radius 2 is 2.00 bits per heavy atom. The molecule has 0 spiro atoms. The van der Waals surface area contributed by atoms with Gasteiger partial charge in [-0.05, 0) is 54.3 Å². The van der Waals surface area contributed by atoms with Gasteiger partial charge in [-0.25, -0.2) is 9.18 Å². The van der Waals surface area contributed by atoms with Crippen molar-refractivity contribution < 1.29 is 23.3 Å². The molecule has 158 valence electrons. The molecule has 31 heavy (non-hydrogen) atoms. The Kier molecular flexibility index (Phi) is 5.66. The molecule has 2 aromatic carbocycles. The monoisotopic (exact) mass is 420 g/mol. The van der Waals surface area contributed by atoms with Crippen LogP contribution in [0.3, 0.4) is 0 Å². The fourth-order valence-corrected chi connectivity index (χ4v) is 3.72. The van der Waals surface area contributed by atoms with Gasteiger partial charge in [-0.3, -0.25) is 9.69 Å². The number of carbonyl (C=O) groups excluding carboxylic acids is 2. The lowest BCUT2D eigenvalue weighted by Gasteiger charge is -2.19. The van der Waals surface area contributed by atoms with Gasteiger partial charge in [-0.15, -0.1) is 0 Å². The minimum Gasteiger partial charge on any atom is -0.405 e. The number of halogens is 1. The summed E-state index contributed by atoms with van der Waals surface area (Å²) in [5.74, 6) is -0.793.